The van der Waals surface area contributed by atoms with Crippen molar-refractivity contribution in [3.63, 3.8) is 0 Å². The molecule has 4 aromatic rings. The van der Waals surface area contributed by atoms with Gasteiger partial charge in [0.05, 0.1) is 10.0 Å². The molecule has 0 spiro atoms. The van der Waals surface area contributed by atoms with Gasteiger partial charge in [0.1, 0.15) is 24.1 Å². The number of nitrogens with zero attached hydrogens (tertiary/aromatic N) is 1. The van der Waals surface area contributed by atoms with Gasteiger partial charge in [-0.1, -0.05) is 53.5 Å². The van der Waals surface area contributed by atoms with Crippen LogP contribution in [0.15, 0.2) is 72.4 Å². The van der Waals surface area contributed by atoms with Crippen LogP contribution in [0.2, 0.25) is 10.0 Å². The van der Waals surface area contributed by atoms with Crippen LogP contribution >= 0.6 is 23.2 Å². The maximum absolute atomic E-state index is 13.1. The zero-order chi connectivity index (χ0) is 24.8. The zero-order valence-corrected chi connectivity index (χ0v) is 20.0. The summed E-state index contributed by atoms with van der Waals surface area (Å²) in [6.07, 6.45) is 3.95. The second kappa shape index (κ2) is 11.1. The number of para-hydroxylation sites is 1. The Morgan fingerprint density at radius 1 is 1.11 bits per heavy atom. The summed E-state index contributed by atoms with van der Waals surface area (Å²) >= 11 is 12.7. The van der Waals surface area contributed by atoms with Gasteiger partial charge in [0, 0.05) is 23.6 Å². The summed E-state index contributed by atoms with van der Waals surface area (Å²) in [6, 6.07) is 18.8. The molecule has 1 amide bonds. The van der Waals surface area contributed by atoms with Crippen molar-refractivity contribution in [1.29, 1.82) is 5.26 Å². The van der Waals surface area contributed by atoms with E-state index in [-0.39, 0.29) is 33.8 Å². The van der Waals surface area contributed by atoms with Crippen molar-refractivity contribution in [3.8, 4) is 11.8 Å². The Hall–Kier alpha value is -3.79. The summed E-state index contributed by atoms with van der Waals surface area (Å²) < 4.78 is 18.8. The highest BCUT2D eigenvalue weighted by Crippen LogP contribution is 2.35. The van der Waals surface area contributed by atoms with E-state index in [4.69, 9.17) is 27.9 Å². The Balaban J connectivity index is 1.40. The van der Waals surface area contributed by atoms with E-state index < -0.39 is 5.91 Å². The number of nitrogens with one attached hydrogen (secondary N) is 2. The standard InChI is InChI=1S/C27H20Cl2FN3O2/c28-23-12-18(13-24(29)26(23)35-16-17-5-7-21(30)8-6-17)11-20(14-31)27(34)32-10-9-19-15-33-25-4-2-1-3-22(19)25/h1-8,11-13,15,33H,9-10,16H2,(H,32,34)/b20-11-. The molecule has 0 aliphatic rings. The summed E-state index contributed by atoms with van der Waals surface area (Å²) in [5, 5.41) is 13.8. The van der Waals surface area contributed by atoms with Crippen LogP contribution in [0.3, 0.4) is 0 Å². The quantitative estimate of drug-likeness (QED) is 0.212. The maximum Gasteiger partial charge on any atom is 0.261 e. The number of aromatic nitrogens is 1. The minimum absolute atomic E-state index is 0.0731. The van der Waals surface area contributed by atoms with Gasteiger partial charge in [0.15, 0.2) is 5.75 Å². The van der Waals surface area contributed by atoms with E-state index in [0.717, 1.165) is 22.0 Å². The Bertz CT molecular complexity index is 1420. The van der Waals surface area contributed by atoms with E-state index in [2.05, 4.69) is 10.3 Å². The van der Waals surface area contributed by atoms with Gasteiger partial charge in [0.2, 0.25) is 0 Å². The molecule has 1 heterocycles. The van der Waals surface area contributed by atoms with Crippen molar-refractivity contribution in [2.24, 2.45) is 0 Å². The average Bonchev–Trinajstić information content (AvgIpc) is 3.26. The number of fused-ring (bicyclic) bond motifs is 1. The number of carbonyl (C=O) groups excluding carboxylic acids is 1. The number of benzene rings is 3. The second-order valence-corrected chi connectivity index (χ2v) is 8.58. The van der Waals surface area contributed by atoms with E-state index in [1.165, 1.54) is 18.2 Å². The number of H-pyrrole nitrogens is 1. The lowest BCUT2D eigenvalue weighted by Gasteiger charge is -2.11. The van der Waals surface area contributed by atoms with Crippen molar-refractivity contribution in [1.82, 2.24) is 10.3 Å². The third-order valence-electron chi connectivity index (χ3n) is 5.35. The van der Waals surface area contributed by atoms with Crippen molar-refractivity contribution in [2.75, 3.05) is 6.54 Å². The Morgan fingerprint density at radius 3 is 2.54 bits per heavy atom. The lowest BCUT2D eigenvalue weighted by Crippen LogP contribution is -2.26. The van der Waals surface area contributed by atoms with Crippen molar-refractivity contribution >= 4 is 46.1 Å². The van der Waals surface area contributed by atoms with Gasteiger partial charge < -0.3 is 15.0 Å². The summed E-state index contributed by atoms with van der Waals surface area (Å²) in [4.78, 5) is 15.8. The van der Waals surface area contributed by atoms with Crippen LogP contribution in [0.5, 0.6) is 5.75 Å². The smallest absolute Gasteiger partial charge is 0.261 e. The topological polar surface area (TPSA) is 77.9 Å². The molecule has 0 fully saturated rings. The summed E-state index contributed by atoms with van der Waals surface area (Å²) in [6.45, 7) is 0.522. The molecule has 35 heavy (non-hydrogen) atoms. The zero-order valence-electron chi connectivity index (χ0n) is 18.4. The van der Waals surface area contributed by atoms with Crippen LogP contribution in [0.25, 0.3) is 17.0 Å². The number of nitriles is 1. The molecule has 0 aliphatic carbocycles. The van der Waals surface area contributed by atoms with E-state index >= 15 is 0 Å². The molecule has 8 heteroatoms. The molecule has 0 saturated carbocycles. The fraction of sp³-hybridized carbons (Fsp3) is 0.111. The van der Waals surface area contributed by atoms with Gasteiger partial charge in [-0.2, -0.15) is 5.26 Å². The molecule has 1 aromatic heterocycles. The maximum atomic E-state index is 13.1. The Labute approximate surface area is 211 Å². The van der Waals surface area contributed by atoms with Gasteiger partial charge in [-0.3, -0.25) is 4.79 Å². The second-order valence-electron chi connectivity index (χ2n) is 7.76. The molecule has 0 bridgehead atoms. The first-order valence-corrected chi connectivity index (χ1v) is 11.5. The number of amides is 1. The molecule has 0 radical (unpaired) electrons. The number of rotatable bonds is 8. The molecule has 0 atom stereocenters. The van der Waals surface area contributed by atoms with E-state index in [1.807, 2.05) is 36.5 Å². The third-order valence-corrected chi connectivity index (χ3v) is 5.91. The van der Waals surface area contributed by atoms with Gasteiger partial charge in [-0.25, -0.2) is 4.39 Å². The monoisotopic (exact) mass is 507 g/mol. The van der Waals surface area contributed by atoms with Crippen LogP contribution in [-0.2, 0) is 17.8 Å². The highest BCUT2D eigenvalue weighted by molar-refractivity contribution is 6.37. The van der Waals surface area contributed by atoms with Crippen LogP contribution in [0.4, 0.5) is 4.39 Å². The molecule has 0 aliphatic heterocycles. The SMILES string of the molecule is N#C/C(=C/c1cc(Cl)c(OCc2ccc(F)cc2)c(Cl)c1)C(=O)NCCc1c[nH]c2ccccc12. The first kappa shape index (κ1) is 24.3. The number of ether oxygens (including phenoxy) is 1. The van der Waals surface area contributed by atoms with E-state index in [1.54, 1.807) is 24.3 Å². The molecule has 0 saturated heterocycles. The number of hydrogen-bond acceptors (Lipinski definition) is 3. The number of hydrogen-bond donors (Lipinski definition) is 2. The van der Waals surface area contributed by atoms with E-state index in [0.29, 0.717) is 18.5 Å². The summed E-state index contributed by atoms with van der Waals surface area (Å²) in [7, 11) is 0. The highest BCUT2D eigenvalue weighted by Gasteiger charge is 2.13. The number of aromatic amines is 1. The minimum atomic E-state index is -0.490. The fourth-order valence-corrected chi connectivity index (χ4v) is 4.21. The predicted molar refractivity (Wildman–Crippen MR) is 136 cm³/mol. The Kier molecular flexibility index (Phi) is 7.71. The fourth-order valence-electron chi connectivity index (χ4n) is 3.60. The van der Waals surface area contributed by atoms with Gasteiger partial charge in [-0.15, -0.1) is 0 Å². The van der Waals surface area contributed by atoms with E-state index in [9.17, 15) is 14.4 Å². The van der Waals surface area contributed by atoms with Crippen molar-refractivity contribution in [2.45, 2.75) is 13.0 Å². The third kappa shape index (κ3) is 6.02. The molecular weight excluding hydrogens is 488 g/mol. The van der Waals surface area contributed by atoms with Crippen LogP contribution in [0, 0.1) is 17.1 Å². The highest BCUT2D eigenvalue weighted by atomic mass is 35.5. The van der Waals surface area contributed by atoms with Gasteiger partial charge in [0.25, 0.3) is 5.91 Å². The van der Waals surface area contributed by atoms with Crippen LogP contribution in [-0.4, -0.2) is 17.4 Å². The van der Waals surface area contributed by atoms with Crippen molar-refractivity contribution < 1.29 is 13.9 Å². The molecule has 2 N–H and O–H groups in total. The van der Waals surface area contributed by atoms with Gasteiger partial charge >= 0.3 is 0 Å². The molecule has 0 unspecified atom stereocenters. The predicted octanol–water partition coefficient (Wildman–Crippen LogP) is 6.46. The summed E-state index contributed by atoms with van der Waals surface area (Å²) in [5.74, 6) is -0.566. The lowest BCUT2D eigenvalue weighted by atomic mass is 10.1. The summed E-state index contributed by atoms with van der Waals surface area (Å²) in [5.41, 5.74) is 3.27. The largest absolute Gasteiger partial charge is 0.486 e. The first-order valence-electron chi connectivity index (χ1n) is 10.8. The van der Waals surface area contributed by atoms with Crippen LogP contribution in [0.1, 0.15) is 16.7 Å². The molecular formula is C27H20Cl2FN3O2. The first-order chi connectivity index (χ1) is 16.9. The normalized spacial score (nSPS) is 11.3. The molecule has 3 aromatic carbocycles. The number of halogens is 3. The van der Waals surface area contributed by atoms with Crippen molar-refractivity contribution in [3.05, 3.63) is 105 Å². The molecule has 4 rings (SSSR count). The molecule has 176 valence electrons. The molecule has 5 nitrogen and oxygen atoms in total. The van der Waals surface area contributed by atoms with Gasteiger partial charge in [-0.05, 0) is 59.5 Å². The number of carbonyl (C=O) groups is 1. The Morgan fingerprint density at radius 2 is 1.83 bits per heavy atom. The average molecular weight is 508 g/mol. The van der Waals surface area contributed by atoms with Crippen LogP contribution < -0.4 is 10.1 Å². The lowest BCUT2D eigenvalue weighted by molar-refractivity contribution is -0.117. The minimum Gasteiger partial charge on any atom is -0.486 e.